The van der Waals surface area contributed by atoms with Crippen molar-refractivity contribution in [1.29, 1.82) is 0 Å². The van der Waals surface area contributed by atoms with Crippen LogP contribution in [0.4, 0.5) is 22.0 Å². The molecule has 224 valence electrons. The van der Waals surface area contributed by atoms with Gasteiger partial charge in [0.2, 0.25) is 0 Å². The van der Waals surface area contributed by atoms with Gasteiger partial charge in [0.25, 0.3) is 12.3 Å². The van der Waals surface area contributed by atoms with E-state index >= 15 is 0 Å². The van der Waals surface area contributed by atoms with Gasteiger partial charge in [-0.2, -0.15) is 26.7 Å². The number of carbonyl (C=O) groups is 1. The minimum atomic E-state index is -4.53. The summed E-state index contributed by atoms with van der Waals surface area (Å²) < 4.78 is 86.2. The van der Waals surface area contributed by atoms with Crippen molar-refractivity contribution in [2.75, 3.05) is 6.54 Å². The van der Waals surface area contributed by atoms with Crippen molar-refractivity contribution >= 4 is 17.5 Å². The smallest absolute Gasteiger partial charge is 0.388 e. The summed E-state index contributed by atoms with van der Waals surface area (Å²) in [6.45, 7) is 7.74. The molecule has 14 heteroatoms. The molecule has 0 bridgehead atoms. The highest BCUT2D eigenvalue weighted by Crippen LogP contribution is 2.41. The predicted molar refractivity (Wildman–Crippen MR) is 138 cm³/mol. The van der Waals surface area contributed by atoms with Gasteiger partial charge in [-0.05, 0) is 51.5 Å². The molecule has 0 spiro atoms. The van der Waals surface area contributed by atoms with Crippen LogP contribution in [0.3, 0.4) is 0 Å². The maximum Gasteiger partial charge on any atom is 0.394 e. The molecule has 2 N–H and O–H groups in total. The number of rotatable bonds is 8. The molecule has 1 amide bonds. The van der Waals surface area contributed by atoms with Gasteiger partial charge in [0.15, 0.2) is 5.69 Å². The molecule has 0 unspecified atom stereocenters. The highest BCUT2D eigenvalue weighted by molar-refractivity contribution is 7.51. The Morgan fingerprint density at radius 3 is 2.33 bits per heavy atom. The number of nitrogens with one attached hydrogen (secondary N) is 1. The quantitative estimate of drug-likeness (QED) is 0.399. The van der Waals surface area contributed by atoms with Crippen LogP contribution < -0.4 is 5.32 Å². The normalized spacial score (nSPS) is 19.6. The number of amides is 1. The second-order valence-corrected chi connectivity index (χ2v) is 11.1. The number of hydrogen-bond donors (Lipinski definition) is 2. The van der Waals surface area contributed by atoms with Gasteiger partial charge in [-0.15, -0.1) is 0 Å². The van der Waals surface area contributed by atoms with Crippen LogP contribution in [0.25, 0.3) is 11.3 Å². The second-order valence-electron chi connectivity index (χ2n) is 10.9. The third-order valence-corrected chi connectivity index (χ3v) is 7.36. The number of aryl methyl sites for hydroxylation is 1. The van der Waals surface area contributed by atoms with Crippen molar-refractivity contribution in [3.63, 3.8) is 0 Å². The number of hydrogen-bond acceptors (Lipinski definition) is 6. The van der Waals surface area contributed by atoms with Crippen molar-refractivity contribution in [3.05, 3.63) is 34.8 Å². The summed E-state index contributed by atoms with van der Waals surface area (Å²) in [4.78, 5) is 17.1. The van der Waals surface area contributed by atoms with Gasteiger partial charge in [0.05, 0.1) is 16.7 Å². The number of carbonyl (C=O) groups excluding carboxylic acids is 1. The van der Waals surface area contributed by atoms with Crippen LogP contribution in [0.5, 0.6) is 0 Å². The maximum absolute atomic E-state index is 14.1. The lowest BCUT2D eigenvalue weighted by atomic mass is 9.79. The highest BCUT2D eigenvalue weighted by Gasteiger charge is 2.47. The van der Waals surface area contributed by atoms with Crippen molar-refractivity contribution < 1.29 is 40.3 Å². The average Bonchev–Trinajstić information content (AvgIpc) is 3.20. The van der Waals surface area contributed by atoms with Gasteiger partial charge in [-0.1, -0.05) is 20.8 Å². The molecule has 3 rings (SSSR count). The first-order valence-corrected chi connectivity index (χ1v) is 13.5. The monoisotopic (exact) mass is 594 g/mol. The molecule has 0 aliphatic heterocycles. The lowest BCUT2D eigenvalue weighted by molar-refractivity contribution is -0.211. The van der Waals surface area contributed by atoms with Crippen LogP contribution >= 0.6 is 0 Å². The Morgan fingerprint density at radius 1 is 1.25 bits per heavy atom. The number of nitrogens with zero attached hydrogens (tertiary/aromatic N) is 3. The Balaban J connectivity index is 0.00000178. The van der Waals surface area contributed by atoms with E-state index in [1.165, 1.54) is 4.68 Å². The zero-order valence-electron chi connectivity index (χ0n) is 23.1. The fourth-order valence-electron chi connectivity index (χ4n) is 4.69. The number of halogens is 5. The van der Waals surface area contributed by atoms with Crippen molar-refractivity contribution in [1.82, 2.24) is 20.1 Å². The lowest BCUT2D eigenvalue weighted by Crippen LogP contribution is -2.45. The van der Waals surface area contributed by atoms with Crippen molar-refractivity contribution in [3.8, 4) is 11.3 Å². The first kappa shape index (κ1) is 33.5. The Bertz CT molecular complexity index is 1220. The molecule has 0 radical (unpaired) electrons. The second kappa shape index (κ2) is 13.3. The van der Waals surface area contributed by atoms with E-state index in [1.54, 1.807) is 13.8 Å². The van der Waals surface area contributed by atoms with Gasteiger partial charge in [0.1, 0.15) is 0 Å². The molecular formula is C26H35F5N4O4S. The molecule has 8 nitrogen and oxygen atoms in total. The van der Waals surface area contributed by atoms with E-state index in [0.29, 0.717) is 24.3 Å². The van der Waals surface area contributed by atoms with Gasteiger partial charge < -0.3 is 10.4 Å². The summed E-state index contributed by atoms with van der Waals surface area (Å²) in [6, 6.07) is 0.999. The Morgan fingerprint density at radius 2 is 1.82 bits per heavy atom. The SMILES string of the molecule is CCn1nc(C(=O)NCC2(O)CCC(C)CC2)c(C)c1-c1cnc(CC(C)(C)C(F)(F)F)cc1C(F)F.O=S=O. The first-order valence-electron chi connectivity index (χ1n) is 12.8. The number of aromatic nitrogens is 3. The molecular weight excluding hydrogens is 559 g/mol. The fraction of sp³-hybridized carbons (Fsp3) is 0.654. The van der Waals surface area contributed by atoms with Crippen LogP contribution in [-0.4, -0.2) is 52.5 Å². The summed E-state index contributed by atoms with van der Waals surface area (Å²) in [6.07, 6.45) is -4.07. The van der Waals surface area contributed by atoms with Crippen LogP contribution in [0.2, 0.25) is 0 Å². The Hall–Kier alpha value is -2.74. The summed E-state index contributed by atoms with van der Waals surface area (Å²) in [5, 5.41) is 17.8. The largest absolute Gasteiger partial charge is 0.394 e. The third kappa shape index (κ3) is 7.93. The van der Waals surface area contributed by atoms with E-state index < -0.39 is 53.1 Å². The maximum atomic E-state index is 14.1. The van der Waals surface area contributed by atoms with Crippen LogP contribution in [0.15, 0.2) is 12.3 Å². The van der Waals surface area contributed by atoms with E-state index in [0.717, 1.165) is 39.0 Å². The average molecular weight is 595 g/mol. The van der Waals surface area contributed by atoms with E-state index in [4.69, 9.17) is 8.42 Å². The van der Waals surface area contributed by atoms with Gasteiger partial charge in [0, 0.05) is 48.1 Å². The summed E-state index contributed by atoms with van der Waals surface area (Å²) in [7, 11) is 0. The predicted octanol–water partition coefficient (Wildman–Crippen LogP) is 5.34. The minimum absolute atomic E-state index is 0.00867. The van der Waals surface area contributed by atoms with E-state index in [9.17, 15) is 31.9 Å². The molecule has 40 heavy (non-hydrogen) atoms. The van der Waals surface area contributed by atoms with Crippen molar-refractivity contribution in [2.24, 2.45) is 11.3 Å². The summed E-state index contributed by atoms with van der Waals surface area (Å²) in [5.41, 5.74) is -3.08. The van der Waals surface area contributed by atoms with E-state index in [1.807, 2.05) is 0 Å². The van der Waals surface area contributed by atoms with Crippen LogP contribution in [0, 0.1) is 18.3 Å². The Kier molecular flexibility index (Phi) is 11.1. The zero-order valence-corrected chi connectivity index (χ0v) is 23.9. The topological polar surface area (TPSA) is 114 Å². The summed E-state index contributed by atoms with van der Waals surface area (Å²) >= 11 is -0.750. The number of aliphatic hydroxyl groups is 1. The van der Waals surface area contributed by atoms with Crippen LogP contribution in [0.1, 0.15) is 87.1 Å². The minimum Gasteiger partial charge on any atom is -0.388 e. The molecule has 0 saturated heterocycles. The van der Waals surface area contributed by atoms with E-state index in [2.05, 4.69) is 22.3 Å². The molecule has 1 aliphatic carbocycles. The highest BCUT2D eigenvalue weighted by atomic mass is 32.1. The molecule has 0 aromatic carbocycles. The van der Waals surface area contributed by atoms with Gasteiger partial charge in [-0.3, -0.25) is 14.5 Å². The third-order valence-electron chi connectivity index (χ3n) is 7.36. The van der Waals surface area contributed by atoms with Crippen molar-refractivity contribution in [2.45, 2.75) is 91.5 Å². The standard InChI is InChI=1S/C26H35F5N4O2.O2S/c1-6-35-21(16(3)20(34-35)23(36)33-14-25(37)9-7-15(2)8-10-25)19-13-32-17(11-18(19)22(27)28)12-24(4,5)26(29,30)31;1-3-2/h11,13,15,22,37H,6-10,12,14H2,1-5H3,(H,33,36);. The molecule has 2 aromatic heterocycles. The molecule has 1 saturated carbocycles. The molecule has 1 aliphatic rings. The summed E-state index contributed by atoms with van der Waals surface area (Å²) in [5.74, 6) is -0.0160. The van der Waals surface area contributed by atoms with Gasteiger partial charge in [-0.25, -0.2) is 8.78 Å². The number of alkyl halides is 5. The van der Waals surface area contributed by atoms with Crippen LogP contribution in [-0.2, 0) is 24.5 Å². The first-order chi connectivity index (χ1) is 18.5. The zero-order chi connectivity index (χ0) is 30.5. The number of pyridine rings is 1. The van der Waals surface area contributed by atoms with Gasteiger partial charge >= 0.3 is 17.7 Å². The molecule has 1 fully saturated rings. The molecule has 2 aromatic rings. The van der Waals surface area contributed by atoms with E-state index in [-0.39, 0.29) is 35.7 Å². The lowest BCUT2D eigenvalue weighted by Gasteiger charge is -2.34. The molecule has 2 heterocycles. The Labute approximate surface area is 233 Å². The fourth-order valence-corrected chi connectivity index (χ4v) is 4.69. The molecule has 0 atom stereocenters.